The van der Waals surface area contributed by atoms with Crippen molar-refractivity contribution in [2.45, 2.75) is 32.4 Å². The molecule has 21 heavy (non-hydrogen) atoms. The van der Waals surface area contributed by atoms with Crippen LogP contribution in [0.3, 0.4) is 0 Å². The Kier molecular flexibility index (Phi) is 6.08. The first-order chi connectivity index (χ1) is 9.67. The summed E-state index contributed by atoms with van der Waals surface area (Å²) >= 11 is 1.58. The second kappa shape index (κ2) is 7.36. The fourth-order valence-corrected chi connectivity index (χ4v) is 2.12. The molecule has 0 radical (unpaired) electrons. The molecule has 0 fully saturated rings. The number of benzene rings is 1. The summed E-state index contributed by atoms with van der Waals surface area (Å²) < 4.78 is 5.13. The van der Waals surface area contributed by atoms with E-state index >= 15 is 0 Å². The van der Waals surface area contributed by atoms with Crippen molar-refractivity contribution in [1.29, 1.82) is 0 Å². The van der Waals surface area contributed by atoms with Gasteiger partial charge in [-0.15, -0.1) is 11.8 Å². The molecule has 1 aromatic rings. The number of anilines is 1. The minimum atomic E-state index is -1.02. The highest BCUT2D eigenvalue weighted by Gasteiger charge is 2.14. The number of nitrogens with one attached hydrogen (secondary N) is 1. The van der Waals surface area contributed by atoms with Gasteiger partial charge < -0.3 is 15.2 Å². The van der Waals surface area contributed by atoms with E-state index in [9.17, 15) is 9.59 Å². The van der Waals surface area contributed by atoms with Gasteiger partial charge in [0.25, 0.3) is 0 Å². The summed E-state index contributed by atoms with van der Waals surface area (Å²) in [5.74, 6) is -0.223. The van der Waals surface area contributed by atoms with Crippen molar-refractivity contribution in [2.75, 3.05) is 17.7 Å². The molecule has 0 spiro atoms. The van der Waals surface area contributed by atoms with Gasteiger partial charge >= 0.3 is 5.97 Å². The zero-order valence-electron chi connectivity index (χ0n) is 12.7. The van der Waals surface area contributed by atoms with Crippen molar-refractivity contribution in [3.63, 3.8) is 0 Å². The molecule has 6 heteroatoms. The average molecular weight is 311 g/mol. The molecule has 0 saturated carbocycles. The number of carbonyl (C=O) groups is 2. The van der Waals surface area contributed by atoms with E-state index in [1.165, 1.54) is 0 Å². The van der Waals surface area contributed by atoms with Crippen LogP contribution in [0.4, 0.5) is 5.69 Å². The number of carboxylic acid groups (broad SMARTS) is 1. The first-order valence-corrected chi connectivity index (χ1v) is 7.55. The number of hydrogen-bond acceptors (Lipinski definition) is 4. The number of hydrogen-bond donors (Lipinski definition) is 2. The SMILES string of the molecule is Cc1cc(OCC(=O)O)ccc1NC(=O)CSC(C)(C)C. The number of amides is 1. The van der Waals surface area contributed by atoms with Crippen molar-refractivity contribution in [1.82, 2.24) is 0 Å². The Labute approximate surface area is 129 Å². The van der Waals surface area contributed by atoms with E-state index in [1.54, 1.807) is 30.0 Å². The van der Waals surface area contributed by atoms with Crippen LogP contribution in [0, 0.1) is 6.92 Å². The number of carboxylic acids is 1. The Balaban J connectivity index is 2.60. The maximum absolute atomic E-state index is 11.9. The van der Waals surface area contributed by atoms with E-state index in [4.69, 9.17) is 9.84 Å². The van der Waals surface area contributed by atoms with Gasteiger partial charge in [-0.1, -0.05) is 20.8 Å². The number of aliphatic carboxylic acids is 1. The minimum absolute atomic E-state index is 0.0426. The molecule has 116 valence electrons. The zero-order valence-corrected chi connectivity index (χ0v) is 13.5. The monoisotopic (exact) mass is 311 g/mol. The maximum Gasteiger partial charge on any atom is 0.341 e. The number of rotatable bonds is 6. The summed E-state index contributed by atoms with van der Waals surface area (Å²) in [7, 11) is 0. The van der Waals surface area contributed by atoms with Crippen molar-refractivity contribution in [2.24, 2.45) is 0 Å². The summed E-state index contributed by atoms with van der Waals surface area (Å²) in [5, 5.41) is 11.4. The van der Waals surface area contributed by atoms with Gasteiger partial charge in [-0.2, -0.15) is 0 Å². The third-order valence-electron chi connectivity index (χ3n) is 2.47. The van der Waals surface area contributed by atoms with Gasteiger partial charge in [-0.05, 0) is 30.7 Å². The fraction of sp³-hybridized carbons (Fsp3) is 0.467. The van der Waals surface area contributed by atoms with Gasteiger partial charge in [0, 0.05) is 10.4 Å². The van der Waals surface area contributed by atoms with Crippen LogP contribution in [0.15, 0.2) is 18.2 Å². The Hall–Kier alpha value is -1.69. The lowest BCUT2D eigenvalue weighted by atomic mass is 10.2. The Morgan fingerprint density at radius 1 is 1.33 bits per heavy atom. The highest BCUT2D eigenvalue weighted by atomic mass is 32.2. The molecule has 2 N–H and O–H groups in total. The minimum Gasteiger partial charge on any atom is -0.482 e. The lowest BCUT2D eigenvalue weighted by Crippen LogP contribution is -2.19. The first-order valence-electron chi connectivity index (χ1n) is 6.56. The topological polar surface area (TPSA) is 75.6 Å². The number of carbonyl (C=O) groups excluding carboxylic acids is 1. The largest absolute Gasteiger partial charge is 0.482 e. The van der Waals surface area contributed by atoms with Gasteiger partial charge in [0.05, 0.1) is 5.75 Å². The first kappa shape index (κ1) is 17.4. The smallest absolute Gasteiger partial charge is 0.341 e. The van der Waals surface area contributed by atoms with Crippen LogP contribution in [0.2, 0.25) is 0 Å². The molecule has 0 aliphatic carbocycles. The number of aryl methyl sites for hydroxylation is 1. The molecule has 0 aromatic heterocycles. The summed E-state index contributed by atoms with van der Waals surface area (Å²) in [4.78, 5) is 22.3. The summed E-state index contributed by atoms with van der Waals surface area (Å²) in [5.41, 5.74) is 1.53. The average Bonchev–Trinajstić information content (AvgIpc) is 2.36. The van der Waals surface area contributed by atoms with Crippen LogP contribution in [0.1, 0.15) is 26.3 Å². The van der Waals surface area contributed by atoms with Crippen molar-refractivity contribution >= 4 is 29.3 Å². The molecule has 0 unspecified atom stereocenters. The van der Waals surface area contributed by atoms with Gasteiger partial charge in [0.15, 0.2) is 6.61 Å². The van der Waals surface area contributed by atoms with Crippen LogP contribution < -0.4 is 10.1 Å². The fourth-order valence-electron chi connectivity index (χ4n) is 1.48. The molecule has 0 aliphatic rings. The van der Waals surface area contributed by atoms with E-state index < -0.39 is 5.97 Å². The van der Waals surface area contributed by atoms with Crippen molar-refractivity contribution < 1.29 is 19.4 Å². The van der Waals surface area contributed by atoms with Crippen LogP contribution in [-0.4, -0.2) is 34.1 Å². The second-order valence-electron chi connectivity index (χ2n) is 5.61. The van der Waals surface area contributed by atoms with Crippen LogP contribution in [0.5, 0.6) is 5.75 Å². The van der Waals surface area contributed by atoms with Crippen molar-refractivity contribution in [3.8, 4) is 5.75 Å². The number of ether oxygens (including phenoxy) is 1. The molecule has 1 amide bonds. The van der Waals surface area contributed by atoms with E-state index in [-0.39, 0.29) is 17.3 Å². The van der Waals surface area contributed by atoms with Crippen LogP contribution in [0.25, 0.3) is 0 Å². The standard InChI is InChI=1S/C15H21NO4S/c1-10-7-11(20-8-14(18)19)5-6-12(10)16-13(17)9-21-15(2,3)4/h5-7H,8-9H2,1-4H3,(H,16,17)(H,18,19). The highest BCUT2D eigenvalue weighted by Crippen LogP contribution is 2.24. The molecule has 0 heterocycles. The molecule has 0 atom stereocenters. The Morgan fingerprint density at radius 2 is 2.00 bits per heavy atom. The third kappa shape index (κ3) is 7.04. The molecule has 0 aliphatic heterocycles. The van der Waals surface area contributed by atoms with E-state index in [0.29, 0.717) is 17.2 Å². The second-order valence-corrected chi connectivity index (χ2v) is 7.41. The summed E-state index contributed by atoms with van der Waals surface area (Å²) in [6.45, 7) is 7.63. The Bertz CT molecular complexity index is 523. The number of thioether (sulfide) groups is 1. The van der Waals surface area contributed by atoms with Gasteiger partial charge in [0.2, 0.25) is 5.91 Å². The highest BCUT2D eigenvalue weighted by molar-refractivity contribution is 8.01. The quantitative estimate of drug-likeness (QED) is 0.845. The molecule has 5 nitrogen and oxygen atoms in total. The van der Waals surface area contributed by atoms with Gasteiger partial charge in [0.1, 0.15) is 5.75 Å². The molecular formula is C15H21NO4S. The van der Waals surface area contributed by atoms with Gasteiger partial charge in [-0.3, -0.25) is 4.79 Å². The van der Waals surface area contributed by atoms with Crippen LogP contribution in [-0.2, 0) is 9.59 Å². The van der Waals surface area contributed by atoms with Crippen molar-refractivity contribution in [3.05, 3.63) is 23.8 Å². The third-order valence-corrected chi connectivity index (χ3v) is 3.74. The zero-order chi connectivity index (χ0) is 16.0. The maximum atomic E-state index is 11.9. The summed E-state index contributed by atoms with van der Waals surface area (Å²) in [6, 6.07) is 5.06. The summed E-state index contributed by atoms with van der Waals surface area (Å²) in [6.07, 6.45) is 0. The van der Waals surface area contributed by atoms with E-state index in [1.807, 2.05) is 6.92 Å². The molecule has 1 rings (SSSR count). The molecule has 1 aromatic carbocycles. The molecule has 0 bridgehead atoms. The molecule has 0 saturated heterocycles. The van der Waals surface area contributed by atoms with Gasteiger partial charge in [-0.25, -0.2) is 4.79 Å². The van der Waals surface area contributed by atoms with E-state index in [2.05, 4.69) is 26.1 Å². The Morgan fingerprint density at radius 3 is 2.52 bits per heavy atom. The molecular weight excluding hydrogens is 290 g/mol. The lowest BCUT2D eigenvalue weighted by molar-refractivity contribution is -0.139. The lowest BCUT2D eigenvalue weighted by Gasteiger charge is -2.17. The van der Waals surface area contributed by atoms with E-state index in [0.717, 1.165) is 5.56 Å². The predicted octanol–water partition coefficient (Wildman–Crippen LogP) is 2.93. The van der Waals surface area contributed by atoms with Crippen LogP contribution >= 0.6 is 11.8 Å². The normalized spacial score (nSPS) is 11.0. The predicted molar refractivity (Wildman–Crippen MR) is 85.2 cm³/mol.